The molecule has 0 bridgehead atoms. The van der Waals surface area contributed by atoms with Crippen molar-refractivity contribution in [1.29, 1.82) is 0 Å². The minimum Gasteiger partial charge on any atom is -0.335 e. The molecule has 5 nitrogen and oxygen atoms in total. The highest BCUT2D eigenvalue weighted by Crippen LogP contribution is 2.19. The predicted octanol–water partition coefficient (Wildman–Crippen LogP) is 1.38. The lowest BCUT2D eigenvalue weighted by Crippen LogP contribution is -2.31. The van der Waals surface area contributed by atoms with E-state index in [1.807, 2.05) is 13.8 Å². The third-order valence-corrected chi connectivity index (χ3v) is 2.48. The molecule has 0 atom stereocenters. The molecule has 0 aromatic carbocycles. The fourth-order valence-electron chi connectivity index (χ4n) is 1.22. The summed E-state index contributed by atoms with van der Waals surface area (Å²) in [4.78, 5) is 19.5. The first-order valence-corrected chi connectivity index (χ1v) is 5.02. The van der Waals surface area contributed by atoms with Gasteiger partial charge in [-0.1, -0.05) is 0 Å². The number of nitrogens with zero attached hydrogens (tertiary/aromatic N) is 2. The first-order valence-electron chi connectivity index (χ1n) is 5.02. The van der Waals surface area contributed by atoms with E-state index in [1.54, 1.807) is 0 Å². The topological polar surface area (TPSA) is 66.9 Å². The lowest BCUT2D eigenvalue weighted by Gasteiger charge is -2.08. The molecule has 1 saturated carbocycles. The van der Waals surface area contributed by atoms with Gasteiger partial charge in [-0.2, -0.15) is 0 Å². The molecule has 0 unspecified atom stereocenters. The van der Waals surface area contributed by atoms with Crippen molar-refractivity contribution in [3.8, 4) is 0 Å². The Morgan fingerprint density at radius 2 is 2.13 bits per heavy atom. The Kier molecular flexibility index (Phi) is 2.53. The zero-order valence-corrected chi connectivity index (χ0v) is 8.87. The molecule has 1 fully saturated rings. The summed E-state index contributed by atoms with van der Waals surface area (Å²) in [6.07, 6.45) is 3.61. The highest BCUT2D eigenvalue weighted by atomic mass is 16.2. The van der Waals surface area contributed by atoms with E-state index in [-0.39, 0.29) is 6.03 Å². The van der Waals surface area contributed by atoms with Gasteiger partial charge in [0.25, 0.3) is 0 Å². The summed E-state index contributed by atoms with van der Waals surface area (Å²) >= 11 is 0. The Hall–Kier alpha value is -1.65. The number of amides is 2. The number of hydrogen-bond donors (Lipinski definition) is 2. The lowest BCUT2D eigenvalue weighted by molar-refractivity contribution is 0.251. The maximum absolute atomic E-state index is 11.4. The van der Waals surface area contributed by atoms with Crippen molar-refractivity contribution in [1.82, 2.24) is 15.3 Å². The summed E-state index contributed by atoms with van der Waals surface area (Å²) in [5.41, 5.74) is 1.79. The molecule has 2 amide bonds. The number of urea groups is 1. The van der Waals surface area contributed by atoms with Crippen LogP contribution < -0.4 is 10.6 Å². The summed E-state index contributed by atoms with van der Waals surface area (Å²) < 4.78 is 0. The Balaban J connectivity index is 2.02. The second kappa shape index (κ2) is 3.84. The summed E-state index contributed by atoms with van der Waals surface area (Å²) in [6, 6.07) is 0.173. The van der Waals surface area contributed by atoms with Crippen LogP contribution in [0, 0.1) is 13.8 Å². The number of carbonyl (C=O) groups is 1. The van der Waals surface area contributed by atoms with Crippen LogP contribution in [0.3, 0.4) is 0 Å². The smallest absolute Gasteiger partial charge is 0.320 e. The Bertz CT molecular complexity index is 387. The van der Waals surface area contributed by atoms with Gasteiger partial charge in [-0.3, -0.25) is 5.32 Å². The van der Waals surface area contributed by atoms with Crippen molar-refractivity contribution in [2.24, 2.45) is 0 Å². The normalized spacial score (nSPS) is 14.8. The van der Waals surface area contributed by atoms with Gasteiger partial charge in [0, 0.05) is 17.3 Å². The maximum Gasteiger partial charge on any atom is 0.320 e. The number of aromatic nitrogens is 2. The van der Waals surface area contributed by atoms with Crippen LogP contribution in [0.4, 0.5) is 10.6 Å². The highest BCUT2D eigenvalue weighted by Gasteiger charge is 2.23. The van der Waals surface area contributed by atoms with Crippen LogP contribution in [-0.4, -0.2) is 22.0 Å². The second-order valence-corrected chi connectivity index (χ2v) is 3.81. The van der Waals surface area contributed by atoms with Crippen molar-refractivity contribution in [3.05, 3.63) is 17.6 Å². The van der Waals surface area contributed by atoms with Crippen LogP contribution in [0.2, 0.25) is 0 Å². The van der Waals surface area contributed by atoms with Crippen LogP contribution in [-0.2, 0) is 0 Å². The fourth-order valence-corrected chi connectivity index (χ4v) is 1.22. The van der Waals surface area contributed by atoms with Gasteiger partial charge in [0.05, 0.1) is 0 Å². The van der Waals surface area contributed by atoms with Crippen LogP contribution in [0.1, 0.15) is 24.1 Å². The molecule has 5 heteroatoms. The molecule has 2 N–H and O–H groups in total. The summed E-state index contributed by atoms with van der Waals surface area (Å²) in [5.74, 6) is 0.584. The predicted molar refractivity (Wildman–Crippen MR) is 56.7 cm³/mol. The fraction of sp³-hybridized carbons (Fsp3) is 0.500. The van der Waals surface area contributed by atoms with E-state index < -0.39 is 0 Å². The lowest BCUT2D eigenvalue weighted by atomic mass is 10.2. The number of carbonyl (C=O) groups excluding carboxylic acids is 1. The molecule has 1 aromatic heterocycles. The van der Waals surface area contributed by atoms with Gasteiger partial charge >= 0.3 is 6.03 Å². The minimum atomic E-state index is -0.182. The number of nitrogens with one attached hydrogen (secondary N) is 2. The largest absolute Gasteiger partial charge is 0.335 e. The summed E-state index contributed by atoms with van der Waals surface area (Å²) in [6.45, 7) is 3.78. The molecular weight excluding hydrogens is 192 g/mol. The number of anilines is 1. The molecule has 1 heterocycles. The zero-order valence-electron chi connectivity index (χ0n) is 8.87. The van der Waals surface area contributed by atoms with Crippen LogP contribution in [0.25, 0.3) is 0 Å². The Labute approximate surface area is 88.3 Å². The van der Waals surface area contributed by atoms with E-state index in [9.17, 15) is 4.79 Å². The number of hydrogen-bond acceptors (Lipinski definition) is 3. The maximum atomic E-state index is 11.4. The van der Waals surface area contributed by atoms with Gasteiger partial charge in [0.2, 0.25) is 0 Å². The molecular formula is C10H14N4O. The first kappa shape index (κ1) is 9.89. The average molecular weight is 206 g/mol. The Morgan fingerprint density at radius 3 is 2.80 bits per heavy atom. The van der Waals surface area contributed by atoms with Gasteiger partial charge in [0.1, 0.15) is 12.1 Å². The van der Waals surface area contributed by atoms with Crippen molar-refractivity contribution in [2.45, 2.75) is 32.7 Å². The summed E-state index contributed by atoms with van der Waals surface area (Å²) in [5, 5.41) is 5.56. The molecule has 1 aliphatic carbocycles. The van der Waals surface area contributed by atoms with E-state index in [1.165, 1.54) is 6.33 Å². The number of rotatable bonds is 2. The highest BCUT2D eigenvalue weighted by molar-refractivity contribution is 5.89. The standard InChI is InChI=1S/C10H14N4O/c1-6-7(2)11-5-12-9(6)14-10(15)13-8-3-4-8/h5,8H,3-4H2,1-2H3,(H2,11,12,13,14,15). The molecule has 15 heavy (non-hydrogen) atoms. The van der Waals surface area contributed by atoms with E-state index in [0.29, 0.717) is 11.9 Å². The molecule has 2 rings (SSSR count). The Morgan fingerprint density at radius 1 is 1.40 bits per heavy atom. The van der Waals surface area contributed by atoms with Crippen molar-refractivity contribution >= 4 is 11.8 Å². The molecule has 0 aliphatic heterocycles. The average Bonchev–Trinajstić information content (AvgIpc) is 2.97. The molecule has 0 radical (unpaired) electrons. The van der Waals surface area contributed by atoms with Crippen molar-refractivity contribution in [2.75, 3.05) is 5.32 Å². The second-order valence-electron chi connectivity index (χ2n) is 3.81. The van der Waals surface area contributed by atoms with Gasteiger partial charge < -0.3 is 5.32 Å². The van der Waals surface area contributed by atoms with Crippen LogP contribution in [0.15, 0.2) is 6.33 Å². The third kappa shape index (κ3) is 2.43. The third-order valence-electron chi connectivity index (χ3n) is 2.48. The monoisotopic (exact) mass is 206 g/mol. The van der Waals surface area contributed by atoms with Gasteiger partial charge in [0.15, 0.2) is 0 Å². The molecule has 0 spiro atoms. The van der Waals surface area contributed by atoms with Crippen molar-refractivity contribution < 1.29 is 4.79 Å². The quantitative estimate of drug-likeness (QED) is 0.768. The van der Waals surface area contributed by atoms with Crippen LogP contribution in [0.5, 0.6) is 0 Å². The van der Waals surface area contributed by atoms with Crippen molar-refractivity contribution in [3.63, 3.8) is 0 Å². The molecule has 1 aromatic rings. The first-order chi connectivity index (χ1) is 7.16. The van der Waals surface area contributed by atoms with E-state index in [0.717, 1.165) is 24.1 Å². The van der Waals surface area contributed by atoms with E-state index in [4.69, 9.17) is 0 Å². The summed E-state index contributed by atoms with van der Waals surface area (Å²) in [7, 11) is 0. The van der Waals surface area contributed by atoms with Gasteiger partial charge in [-0.15, -0.1) is 0 Å². The van der Waals surface area contributed by atoms with Gasteiger partial charge in [-0.05, 0) is 26.7 Å². The SMILES string of the molecule is Cc1ncnc(NC(=O)NC2CC2)c1C. The van der Waals surface area contributed by atoms with E-state index in [2.05, 4.69) is 20.6 Å². The van der Waals surface area contributed by atoms with Crippen LogP contribution >= 0.6 is 0 Å². The number of aryl methyl sites for hydroxylation is 1. The van der Waals surface area contributed by atoms with Gasteiger partial charge in [-0.25, -0.2) is 14.8 Å². The molecule has 80 valence electrons. The van der Waals surface area contributed by atoms with E-state index >= 15 is 0 Å². The minimum absolute atomic E-state index is 0.182. The molecule has 0 saturated heterocycles. The zero-order chi connectivity index (χ0) is 10.8. The molecule has 1 aliphatic rings.